The molecule has 3 heteroatoms. The lowest BCUT2D eigenvalue weighted by Crippen LogP contribution is -1.99. The highest BCUT2D eigenvalue weighted by Crippen LogP contribution is 2.29. The summed E-state index contributed by atoms with van der Waals surface area (Å²) in [6, 6.07) is 9.73. The number of hydrogen-bond donors (Lipinski definition) is 1. The van der Waals surface area contributed by atoms with E-state index in [2.05, 4.69) is 28.9 Å². The Labute approximate surface area is 103 Å². The van der Waals surface area contributed by atoms with Crippen molar-refractivity contribution in [2.45, 2.75) is 19.4 Å². The monoisotopic (exact) mass is 280 g/mol. The van der Waals surface area contributed by atoms with Crippen molar-refractivity contribution in [2.75, 3.05) is 0 Å². The molecule has 0 aliphatic rings. The van der Waals surface area contributed by atoms with Crippen molar-refractivity contribution in [3.8, 4) is 0 Å². The van der Waals surface area contributed by atoms with Crippen LogP contribution < -0.4 is 0 Å². The molecule has 0 aliphatic heterocycles. The van der Waals surface area contributed by atoms with Gasteiger partial charge in [-0.25, -0.2) is 0 Å². The van der Waals surface area contributed by atoms with Crippen LogP contribution in [0.5, 0.6) is 0 Å². The summed E-state index contributed by atoms with van der Waals surface area (Å²) in [6.07, 6.45) is 1.89. The third-order valence-corrected chi connectivity index (χ3v) is 3.26. The highest BCUT2D eigenvalue weighted by molar-refractivity contribution is 9.10. The van der Waals surface area contributed by atoms with Gasteiger partial charge in [-0.1, -0.05) is 31.2 Å². The average molecular weight is 281 g/mol. The molecule has 1 aromatic carbocycles. The van der Waals surface area contributed by atoms with Crippen LogP contribution in [0.15, 0.2) is 45.7 Å². The van der Waals surface area contributed by atoms with Crippen LogP contribution in [-0.4, -0.2) is 5.11 Å². The highest BCUT2D eigenvalue weighted by atomic mass is 79.9. The van der Waals surface area contributed by atoms with Gasteiger partial charge >= 0.3 is 0 Å². The van der Waals surface area contributed by atoms with Gasteiger partial charge in [-0.05, 0) is 39.5 Å². The number of aliphatic hydroxyl groups excluding tert-OH is 1. The van der Waals surface area contributed by atoms with Crippen LogP contribution in [0, 0.1) is 0 Å². The second-order valence-corrected chi connectivity index (χ2v) is 4.37. The number of benzene rings is 1. The molecular formula is C13H13BrO2. The minimum atomic E-state index is -0.639. The maximum Gasteiger partial charge on any atom is 0.175 e. The Morgan fingerprint density at radius 3 is 2.81 bits per heavy atom. The predicted molar refractivity (Wildman–Crippen MR) is 66.3 cm³/mol. The third kappa shape index (κ3) is 2.20. The molecule has 1 aromatic heterocycles. The summed E-state index contributed by atoms with van der Waals surface area (Å²) in [5.41, 5.74) is 2.87. The zero-order chi connectivity index (χ0) is 11.5. The van der Waals surface area contributed by atoms with Gasteiger partial charge in [0.1, 0.15) is 6.10 Å². The van der Waals surface area contributed by atoms with Crippen molar-refractivity contribution in [3.63, 3.8) is 0 Å². The SMILES string of the molecule is CCc1cccc(C(O)c2ccoc2Br)c1. The lowest BCUT2D eigenvalue weighted by atomic mass is 10.0. The molecule has 84 valence electrons. The first-order valence-corrected chi connectivity index (χ1v) is 6.01. The van der Waals surface area contributed by atoms with E-state index < -0.39 is 6.10 Å². The van der Waals surface area contributed by atoms with Gasteiger partial charge < -0.3 is 9.52 Å². The minimum Gasteiger partial charge on any atom is -0.457 e. The fraction of sp³-hybridized carbons (Fsp3) is 0.231. The molecule has 0 spiro atoms. The van der Waals surface area contributed by atoms with Gasteiger partial charge in [-0.2, -0.15) is 0 Å². The Balaban J connectivity index is 2.33. The second-order valence-electron chi connectivity index (χ2n) is 3.65. The molecule has 16 heavy (non-hydrogen) atoms. The molecule has 0 radical (unpaired) electrons. The lowest BCUT2D eigenvalue weighted by Gasteiger charge is -2.10. The van der Waals surface area contributed by atoms with Crippen molar-refractivity contribution in [1.82, 2.24) is 0 Å². The van der Waals surface area contributed by atoms with E-state index in [0.717, 1.165) is 17.5 Å². The Morgan fingerprint density at radius 1 is 1.38 bits per heavy atom. The molecule has 0 bridgehead atoms. The number of aryl methyl sites for hydroxylation is 1. The van der Waals surface area contributed by atoms with Gasteiger partial charge in [-0.15, -0.1) is 0 Å². The van der Waals surface area contributed by atoms with Gasteiger partial charge in [0, 0.05) is 5.56 Å². The van der Waals surface area contributed by atoms with Gasteiger partial charge in [0.2, 0.25) is 0 Å². The van der Waals surface area contributed by atoms with Gasteiger partial charge in [-0.3, -0.25) is 0 Å². The van der Waals surface area contributed by atoms with Crippen molar-refractivity contribution in [3.05, 3.63) is 58.0 Å². The fourth-order valence-corrected chi connectivity index (χ4v) is 2.12. The summed E-state index contributed by atoms with van der Waals surface area (Å²) in [5.74, 6) is 0. The van der Waals surface area contributed by atoms with Gasteiger partial charge in [0.25, 0.3) is 0 Å². The van der Waals surface area contributed by atoms with Crippen LogP contribution >= 0.6 is 15.9 Å². The molecule has 0 amide bonds. The maximum atomic E-state index is 10.2. The third-order valence-electron chi connectivity index (χ3n) is 2.62. The molecule has 2 rings (SSSR count). The van der Waals surface area contributed by atoms with Crippen molar-refractivity contribution in [2.24, 2.45) is 0 Å². The molecule has 2 nitrogen and oxygen atoms in total. The average Bonchev–Trinajstić information content (AvgIpc) is 2.74. The molecule has 0 fully saturated rings. The molecule has 1 unspecified atom stereocenters. The van der Waals surface area contributed by atoms with E-state index >= 15 is 0 Å². The van der Waals surface area contributed by atoms with Crippen LogP contribution in [0.3, 0.4) is 0 Å². The Bertz CT molecular complexity index is 476. The maximum absolute atomic E-state index is 10.2. The van der Waals surface area contributed by atoms with E-state index in [1.165, 1.54) is 5.56 Å². The van der Waals surface area contributed by atoms with Crippen LogP contribution in [-0.2, 0) is 6.42 Å². The van der Waals surface area contributed by atoms with Gasteiger partial charge in [0.05, 0.1) is 6.26 Å². The molecule has 0 saturated heterocycles. The van der Waals surface area contributed by atoms with Crippen molar-refractivity contribution in [1.29, 1.82) is 0 Å². The number of rotatable bonds is 3. The zero-order valence-electron chi connectivity index (χ0n) is 8.98. The molecular weight excluding hydrogens is 268 g/mol. The van der Waals surface area contributed by atoms with E-state index in [0.29, 0.717) is 4.67 Å². The lowest BCUT2D eigenvalue weighted by molar-refractivity contribution is 0.218. The fourth-order valence-electron chi connectivity index (χ4n) is 1.66. The van der Waals surface area contributed by atoms with Crippen LogP contribution in [0.25, 0.3) is 0 Å². The molecule has 0 saturated carbocycles. The molecule has 2 aromatic rings. The van der Waals surface area contributed by atoms with E-state index in [9.17, 15) is 5.11 Å². The standard InChI is InChI=1S/C13H13BrO2/c1-2-9-4-3-5-10(8-9)12(15)11-6-7-16-13(11)14/h3-8,12,15H,2H2,1H3. The first kappa shape index (κ1) is 11.4. The first-order chi connectivity index (χ1) is 7.72. The number of furan rings is 1. The largest absolute Gasteiger partial charge is 0.457 e. The van der Waals surface area contributed by atoms with E-state index in [1.54, 1.807) is 12.3 Å². The zero-order valence-corrected chi connectivity index (χ0v) is 10.6. The summed E-state index contributed by atoms with van der Waals surface area (Å²) in [7, 11) is 0. The first-order valence-electron chi connectivity index (χ1n) is 5.22. The smallest absolute Gasteiger partial charge is 0.175 e. The Hall–Kier alpha value is -1.06. The minimum absolute atomic E-state index is 0.585. The van der Waals surface area contributed by atoms with Crippen molar-refractivity contribution < 1.29 is 9.52 Å². The molecule has 1 atom stereocenters. The predicted octanol–water partition coefficient (Wildman–Crippen LogP) is 3.69. The highest BCUT2D eigenvalue weighted by Gasteiger charge is 2.15. The number of hydrogen-bond acceptors (Lipinski definition) is 2. The van der Waals surface area contributed by atoms with Gasteiger partial charge in [0.15, 0.2) is 4.67 Å². The summed E-state index contributed by atoms with van der Waals surface area (Å²) < 4.78 is 5.71. The second kappa shape index (κ2) is 4.85. The Morgan fingerprint density at radius 2 is 2.19 bits per heavy atom. The number of halogens is 1. The summed E-state index contributed by atoms with van der Waals surface area (Å²) in [5, 5.41) is 10.2. The molecule has 1 heterocycles. The summed E-state index contributed by atoms with van der Waals surface area (Å²) in [4.78, 5) is 0. The van der Waals surface area contributed by atoms with Crippen LogP contribution in [0.1, 0.15) is 29.7 Å². The van der Waals surface area contributed by atoms with Crippen molar-refractivity contribution >= 4 is 15.9 Å². The summed E-state index contributed by atoms with van der Waals surface area (Å²) >= 11 is 3.27. The molecule has 1 N–H and O–H groups in total. The topological polar surface area (TPSA) is 33.4 Å². The quantitative estimate of drug-likeness (QED) is 0.930. The normalized spacial score (nSPS) is 12.7. The summed E-state index contributed by atoms with van der Waals surface area (Å²) in [6.45, 7) is 2.10. The van der Waals surface area contributed by atoms with E-state index in [-0.39, 0.29) is 0 Å². The van der Waals surface area contributed by atoms with Crippen LogP contribution in [0.4, 0.5) is 0 Å². The van der Waals surface area contributed by atoms with Crippen LogP contribution in [0.2, 0.25) is 0 Å². The van der Waals surface area contributed by atoms with E-state index in [4.69, 9.17) is 4.42 Å². The molecule has 0 aliphatic carbocycles. The Kier molecular flexibility index (Phi) is 3.46. The van der Waals surface area contributed by atoms with E-state index in [1.807, 2.05) is 18.2 Å². The number of aliphatic hydroxyl groups is 1.